The number of rotatable bonds is 7. The van der Waals surface area contributed by atoms with Gasteiger partial charge in [0.25, 0.3) is 18.8 Å². The van der Waals surface area contributed by atoms with Crippen LogP contribution in [0.1, 0.15) is 47.5 Å². The monoisotopic (exact) mass is 474 g/mol. The molecule has 2 aromatic carbocycles. The molecule has 0 radical (unpaired) electrons. The first-order valence-corrected chi connectivity index (χ1v) is 10.5. The molecule has 1 aliphatic rings. The number of fused-ring (bicyclic) bond motifs is 1. The fraction of sp³-hybridized carbons (Fsp3) is 0.280. The highest BCUT2D eigenvalue weighted by molar-refractivity contribution is 6.11. The van der Waals surface area contributed by atoms with Gasteiger partial charge in [0, 0.05) is 27.9 Å². The van der Waals surface area contributed by atoms with Gasteiger partial charge in [-0.15, -0.1) is 0 Å². The van der Waals surface area contributed by atoms with E-state index in [0.29, 0.717) is 22.5 Å². The maximum Gasteiger partial charge on any atom is 0.272 e. The molecule has 0 fully saturated rings. The Morgan fingerprint density at radius 3 is 2.35 bits per heavy atom. The molecule has 5 nitrogen and oxygen atoms in total. The Balaban J connectivity index is 1.82. The van der Waals surface area contributed by atoms with Gasteiger partial charge in [-0.3, -0.25) is 4.79 Å². The molecule has 0 spiro atoms. The van der Waals surface area contributed by atoms with Crippen molar-refractivity contribution in [2.24, 2.45) is 0 Å². The van der Waals surface area contributed by atoms with Crippen LogP contribution in [-0.2, 0) is 12.1 Å². The zero-order valence-electron chi connectivity index (χ0n) is 18.4. The lowest BCUT2D eigenvalue weighted by atomic mass is 9.96. The maximum atomic E-state index is 13.3. The Morgan fingerprint density at radius 1 is 1.06 bits per heavy atom. The fourth-order valence-electron chi connectivity index (χ4n) is 3.78. The van der Waals surface area contributed by atoms with Gasteiger partial charge >= 0.3 is 0 Å². The van der Waals surface area contributed by atoms with Crippen LogP contribution in [-0.4, -0.2) is 29.0 Å². The summed E-state index contributed by atoms with van der Waals surface area (Å²) in [5.41, 5.74) is 0.594. The van der Waals surface area contributed by atoms with Crippen molar-refractivity contribution >= 4 is 11.6 Å². The van der Waals surface area contributed by atoms with E-state index in [2.05, 4.69) is 4.98 Å². The average molecular weight is 474 g/mol. The Hall–Kier alpha value is -3.46. The zero-order valence-corrected chi connectivity index (χ0v) is 18.4. The van der Waals surface area contributed by atoms with Gasteiger partial charge in [0.2, 0.25) is 0 Å². The Morgan fingerprint density at radius 2 is 1.74 bits per heavy atom. The van der Waals surface area contributed by atoms with Gasteiger partial charge in [0.15, 0.2) is 0 Å². The largest absolute Gasteiger partial charge is 0.487 e. The fourth-order valence-corrected chi connectivity index (χ4v) is 3.78. The summed E-state index contributed by atoms with van der Waals surface area (Å²) in [5.74, 6) is -0.225. The maximum absolute atomic E-state index is 13.3. The minimum absolute atomic E-state index is 0.0832. The number of aliphatic hydroxyl groups is 1. The molecule has 1 N–H and O–H groups in total. The molecule has 0 bridgehead atoms. The van der Waals surface area contributed by atoms with Crippen molar-refractivity contribution in [3.05, 3.63) is 77.0 Å². The molecule has 1 amide bonds. The smallest absolute Gasteiger partial charge is 0.272 e. The third-order valence-electron chi connectivity index (χ3n) is 5.51. The van der Waals surface area contributed by atoms with Gasteiger partial charge in [0.1, 0.15) is 18.0 Å². The first-order valence-electron chi connectivity index (χ1n) is 10.5. The number of nitrogens with zero attached hydrogens (tertiary/aromatic N) is 2. The van der Waals surface area contributed by atoms with Crippen molar-refractivity contribution in [2.45, 2.75) is 38.8 Å². The molecule has 0 aliphatic carbocycles. The molecule has 1 aromatic heterocycles. The Kier molecular flexibility index (Phi) is 6.31. The number of carbonyl (C=O) groups excluding carboxylic acids is 1. The first kappa shape index (κ1) is 23.7. The van der Waals surface area contributed by atoms with E-state index < -0.39 is 25.1 Å². The topological polar surface area (TPSA) is 62.7 Å². The van der Waals surface area contributed by atoms with Crippen LogP contribution in [0, 0.1) is 0 Å². The molecule has 34 heavy (non-hydrogen) atoms. The minimum atomic E-state index is -2.68. The van der Waals surface area contributed by atoms with Crippen molar-refractivity contribution in [1.29, 1.82) is 0 Å². The van der Waals surface area contributed by atoms with Gasteiger partial charge < -0.3 is 14.7 Å². The van der Waals surface area contributed by atoms with Crippen LogP contribution in [0.2, 0.25) is 0 Å². The Labute approximate surface area is 193 Å². The lowest BCUT2D eigenvalue weighted by molar-refractivity contribution is 0.0738. The number of benzene rings is 2. The molecule has 1 aliphatic heterocycles. The summed E-state index contributed by atoms with van der Waals surface area (Å²) in [6.07, 6.45) is -5.31. The van der Waals surface area contributed by atoms with E-state index in [0.717, 1.165) is 0 Å². The van der Waals surface area contributed by atoms with Crippen molar-refractivity contribution in [3.63, 3.8) is 0 Å². The number of halogens is 4. The molecule has 178 valence electrons. The summed E-state index contributed by atoms with van der Waals surface area (Å²) in [6.45, 7) is 2.31. The van der Waals surface area contributed by atoms with Crippen LogP contribution in [0.3, 0.4) is 0 Å². The van der Waals surface area contributed by atoms with Gasteiger partial charge in [-0.1, -0.05) is 24.3 Å². The number of alkyl halides is 4. The molecular formula is C25H22F4N2O3. The second kappa shape index (κ2) is 9.06. The molecule has 0 atom stereocenters. The van der Waals surface area contributed by atoms with Gasteiger partial charge in [-0.2, -0.15) is 0 Å². The van der Waals surface area contributed by atoms with E-state index in [1.165, 1.54) is 55.1 Å². The average Bonchev–Trinajstić information content (AvgIpc) is 3.13. The summed E-state index contributed by atoms with van der Waals surface area (Å²) < 4.78 is 56.8. The first-order chi connectivity index (χ1) is 16.1. The number of carbonyl (C=O) groups is 1. The molecular weight excluding hydrogens is 452 g/mol. The van der Waals surface area contributed by atoms with Gasteiger partial charge in [0.05, 0.1) is 17.9 Å². The summed E-state index contributed by atoms with van der Waals surface area (Å²) in [5, 5.41) is 10.6. The van der Waals surface area contributed by atoms with Crippen molar-refractivity contribution in [1.82, 2.24) is 4.98 Å². The summed E-state index contributed by atoms with van der Waals surface area (Å²) in [4.78, 5) is 19.3. The molecule has 3 aromatic rings. The van der Waals surface area contributed by atoms with Gasteiger partial charge in [-0.05, 0) is 44.2 Å². The van der Waals surface area contributed by atoms with Crippen LogP contribution in [0.15, 0.2) is 54.6 Å². The van der Waals surface area contributed by atoms with Crippen LogP contribution >= 0.6 is 0 Å². The number of ether oxygens (including phenoxy) is 1. The molecule has 9 heteroatoms. The van der Waals surface area contributed by atoms with Crippen molar-refractivity contribution < 1.29 is 32.2 Å². The number of amides is 1. The third kappa shape index (κ3) is 4.61. The quantitative estimate of drug-likeness (QED) is 0.445. The van der Waals surface area contributed by atoms with Gasteiger partial charge in [-0.25, -0.2) is 22.5 Å². The number of aromatic nitrogens is 1. The van der Waals surface area contributed by atoms with E-state index in [1.54, 1.807) is 18.2 Å². The zero-order chi connectivity index (χ0) is 24.6. The normalized spacial score (nSPS) is 13.7. The second-order valence-corrected chi connectivity index (χ2v) is 8.42. The number of hydrogen-bond donors (Lipinski definition) is 1. The van der Waals surface area contributed by atoms with Crippen LogP contribution in [0.25, 0.3) is 11.3 Å². The van der Waals surface area contributed by atoms with Crippen molar-refractivity contribution in [3.8, 4) is 17.0 Å². The van der Waals surface area contributed by atoms with E-state index in [9.17, 15) is 27.5 Å². The summed E-state index contributed by atoms with van der Waals surface area (Å²) in [6, 6.07) is 13.4. The third-order valence-corrected chi connectivity index (χ3v) is 5.51. The highest BCUT2D eigenvalue weighted by Gasteiger charge is 2.35. The lowest BCUT2D eigenvalue weighted by Gasteiger charge is -2.20. The van der Waals surface area contributed by atoms with Crippen LogP contribution < -0.4 is 9.64 Å². The minimum Gasteiger partial charge on any atom is -0.487 e. The number of pyridine rings is 1. The Bertz CT molecular complexity index is 1210. The van der Waals surface area contributed by atoms with Crippen LogP contribution in [0.5, 0.6) is 5.75 Å². The molecule has 0 saturated heterocycles. The van der Waals surface area contributed by atoms with Crippen molar-refractivity contribution in [2.75, 3.05) is 11.5 Å². The number of anilines is 1. The predicted octanol–water partition coefficient (Wildman–Crippen LogP) is 5.72. The van der Waals surface area contributed by atoms with E-state index in [4.69, 9.17) is 4.74 Å². The predicted molar refractivity (Wildman–Crippen MR) is 118 cm³/mol. The highest BCUT2D eigenvalue weighted by Crippen LogP contribution is 2.39. The van der Waals surface area contributed by atoms with Crippen LogP contribution in [0.4, 0.5) is 23.2 Å². The number of para-hydroxylation sites is 1. The van der Waals surface area contributed by atoms with E-state index in [-0.39, 0.29) is 35.0 Å². The molecule has 4 rings (SSSR count). The molecule has 0 saturated carbocycles. The molecule has 2 heterocycles. The number of hydrogen-bond acceptors (Lipinski definition) is 4. The summed E-state index contributed by atoms with van der Waals surface area (Å²) in [7, 11) is 0. The highest BCUT2D eigenvalue weighted by atomic mass is 19.3. The molecule has 0 unspecified atom stereocenters. The second-order valence-electron chi connectivity index (χ2n) is 8.42. The SMILES string of the molecule is CC(C)(O)c1cc2c(c(-c3ccccc3OCC(F)F)n1)CN(c1ccc(C(F)F)cc1)C2=O. The standard InChI is InChI=1S/C25H22F4N2O3/c1-25(2,33)20-11-17-18(12-31(24(17)32)15-9-7-14(8-10-15)23(28)29)22(30-20)16-5-3-4-6-19(16)34-13-21(26)27/h3-11,21,23,33H,12-13H2,1-2H3. The van der Waals surface area contributed by atoms with E-state index >= 15 is 0 Å². The van der Waals surface area contributed by atoms with E-state index in [1.807, 2.05) is 0 Å². The lowest BCUT2D eigenvalue weighted by Crippen LogP contribution is -2.23. The summed E-state index contributed by atoms with van der Waals surface area (Å²) >= 11 is 0.